The van der Waals surface area contributed by atoms with E-state index in [4.69, 9.17) is 4.74 Å². The van der Waals surface area contributed by atoms with Gasteiger partial charge in [-0.05, 0) is 64.3 Å². The van der Waals surface area contributed by atoms with Crippen LogP contribution in [0.4, 0.5) is 4.79 Å². The molecular formula is C18H29N3O2. The lowest BCUT2D eigenvalue weighted by Gasteiger charge is -2.34. The molecule has 5 nitrogen and oxygen atoms in total. The molecule has 1 aliphatic rings. The number of hydrogen-bond acceptors (Lipinski definition) is 4. The van der Waals surface area contributed by atoms with E-state index in [1.165, 1.54) is 5.56 Å². The normalized spacial score (nSPS) is 16.7. The standard InChI is InChI=1S/C18H29N3O2/c1-18(2,3)23-17(22)21-11-7-16(8-12-21)14-20(4)13-15-5-9-19-10-6-15/h5-6,9-10,16H,7-8,11-14H2,1-4H3. The Bertz CT molecular complexity index is 491. The van der Waals surface area contributed by atoms with E-state index in [2.05, 4.69) is 29.1 Å². The lowest BCUT2D eigenvalue weighted by atomic mass is 9.96. The number of carbonyl (C=O) groups excluding carboxylic acids is 1. The SMILES string of the molecule is CN(Cc1ccncc1)CC1CCN(C(=O)OC(C)(C)C)CC1. The molecule has 1 aromatic heterocycles. The summed E-state index contributed by atoms with van der Waals surface area (Å²) in [5, 5.41) is 0. The highest BCUT2D eigenvalue weighted by Crippen LogP contribution is 2.20. The van der Waals surface area contributed by atoms with Crippen molar-refractivity contribution in [3.05, 3.63) is 30.1 Å². The van der Waals surface area contributed by atoms with Crippen LogP contribution in [0.5, 0.6) is 0 Å². The number of likely N-dealkylation sites (tertiary alicyclic amines) is 1. The van der Waals surface area contributed by atoms with E-state index in [1.807, 2.05) is 38.1 Å². The van der Waals surface area contributed by atoms with Crippen LogP contribution < -0.4 is 0 Å². The zero-order valence-corrected chi connectivity index (χ0v) is 14.8. The number of amides is 1. The van der Waals surface area contributed by atoms with Gasteiger partial charge in [-0.15, -0.1) is 0 Å². The molecule has 0 saturated carbocycles. The topological polar surface area (TPSA) is 45.7 Å². The Labute approximate surface area is 139 Å². The molecule has 2 heterocycles. The van der Waals surface area contributed by atoms with E-state index in [0.717, 1.165) is 39.0 Å². The zero-order chi connectivity index (χ0) is 16.9. The van der Waals surface area contributed by atoms with Gasteiger partial charge in [0.15, 0.2) is 0 Å². The Balaban J connectivity index is 1.73. The number of pyridine rings is 1. The number of piperidine rings is 1. The molecule has 0 aliphatic carbocycles. The minimum atomic E-state index is -0.418. The van der Waals surface area contributed by atoms with Crippen molar-refractivity contribution < 1.29 is 9.53 Å². The van der Waals surface area contributed by atoms with Crippen LogP contribution in [0.15, 0.2) is 24.5 Å². The van der Waals surface area contributed by atoms with Gasteiger partial charge in [-0.2, -0.15) is 0 Å². The van der Waals surface area contributed by atoms with Crippen LogP contribution in [0.1, 0.15) is 39.2 Å². The Morgan fingerprint density at radius 1 is 1.30 bits per heavy atom. The van der Waals surface area contributed by atoms with Gasteiger partial charge in [0, 0.05) is 38.6 Å². The molecule has 0 radical (unpaired) electrons. The highest BCUT2D eigenvalue weighted by atomic mass is 16.6. The first-order valence-electron chi connectivity index (χ1n) is 8.39. The summed E-state index contributed by atoms with van der Waals surface area (Å²) in [5.74, 6) is 0.639. The second-order valence-electron chi connectivity index (χ2n) is 7.46. The molecule has 0 atom stereocenters. The van der Waals surface area contributed by atoms with Gasteiger partial charge in [0.25, 0.3) is 0 Å². The molecule has 1 aromatic rings. The summed E-state index contributed by atoms with van der Waals surface area (Å²) in [6, 6.07) is 4.11. The summed E-state index contributed by atoms with van der Waals surface area (Å²) >= 11 is 0. The fourth-order valence-corrected chi connectivity index (χ4v) is 2.93. The average Bonchev–Trinajstić information content (AvgIpc) is 2.47. The molecule has 1 saturated heterocycles. The Hall–Kier alpha value is -1.62. The maximum Gasteiger partial charge on any atom is 0.410 e. The molecular weight excluding hydrogens is 290 g/mol. The van der Waals surface area contributed by atoms with Crippen molar-refractivity contribution in [3.63, 3.8) is 0 Å². The molecule has 1 aliphatic heterocycles. The number of ether oxygens (including phenoxy) is 1. The second kappa shape index (κ2) is 7.77. The van der Waals surface area contributed by atoms with E-state index >= 15 is 0 Å². The van der Waals surface area contributed by atoms with Crippen molar-refractivity contribution in [2.75, 3.05) is 26.7 Å². The Morgan fingerprint density at radius 3 is 2.48 bits per heavy atom. The van der Waals surface area contributed by atoms with Gasteiger partial charge < -0.3 is 14.5 Å². The van der Waals surface area contributed by atoms with Crippen LogP contribution >= 0.6 is 0 Å². The summed E-state index contributed by atoms with van der Waals surface area (Å²) in [7, 11) is 2.15. The van der Waals surface area contributed by atoms with Crippen LogP contribution in [0.2, 0.25) is 0 Å². The minimum absolute atomic E-state index is 0.180. The van der Waals surface area contributed by atoms with Crippen molar-refractivity contribution >= 4 is 6.09 Å². The van der Waals surface area contributed by atoms with Crippen molar-refractivity contribution in [2.45, 2.75) is 45.8 Å². The average molecular weight is 319 g/mol. The number of rotatable bonds is 4. The van der Waals surface area contributed by atoms with Crippen molar-refractivity contribution in [1.29, 1.82) is 0 Å². The maximum atomic E-state index is 12.1. The summed E-state index contributed by atoms with van der Waals surface area (Å²) < 4.78 is 5.44. The van der Waals surface area contributed by atoms with Gasteiger partial charge >= 0.3 is 6.09 Å². The quantitative estimate of drug-likeness (QED) is 0.855. The van der Waals surface area contributed by atoms with Gasteiger partial charge in [-0.3, -0.25) is 4.98 Å². The highest BCUT2D eigenvalue weighted by molar-refractivity contribution is 5.68. The fraction of sp³-hybridized carbons (Fsp3) is 0.667. The molecule has 128 valence electrons. The van der Waals surface area contributed by atoms with Crippen LogP contribution in [0.25, 0.3) is 0 Å². The summed E-state index contributed by atoms with van der Waals surface area (Å²) in [6.07, 6.45) is 5.58. The number of carbonyl (C=O) groups is 1. The minimum Gasteiger partial charge on any atom is -0.444 e. The van der Waals surface area contributed by atoms with E-state index < -0.39 is 5.60 Å². The molecule has 5 heteroatoms. The van der Waals surface area contributed by atoms with Gasteiger partial charge in [0.1, 0.15) is 5.60 Å². The third-order valence-electron chi connectivity index (χ3n) is 4.04. The Kier molecular flexibility index (Phi) is 5.99. The lowest BCUT2D eigenvalue weighted by molar-refractivity contribution is 0.0172. The molecule has 0 bridgehead atoms. The van der Waals surface area contributed by atoms with Gasteiger partial charge in [-0.25, -0.2) is 4.79 Å². The summed E-state index contributed by atoms with van der Waals surface area (Å²) in [5.41, 5.74) is 0.868. The van der Waals surface area contributed by atoms with Crippen molar-refractivity contribution in [3.8, 4) is 0 Å². The second-order valence-corrected chi connectivity index (χ2v) is 7.46. The van der Waals surface area contributed by atoms with E-state index in [0.29, 0.717) is 5.92 Å². The largest absolute Gasteiger partial charge is 0.444 e. The third-order valence-corrected chi connectivity index (χ3v) is 4.04. The molecule has 1 fully saturated rings. The van der Waals surface area contributed by atoms with Crippen molar-refractivity contribution in [1.82, 2.24) is 14.8 Å². The maximum absolute atomic E-state index is 12.1. The fourth-order valence-electron chi connectivity index (χ4n) is 2.93. The number of nitrogens with zero attached hydrogens (tertiary/aromatic N) is 3. The van der Waals surface area contributed by atoms with Gasteiger partial charge in [0.05, 0.1) is 0 Å². The zero-order valence-electron chi connectivity index (χ0n) is 14.8. The van der Waals surface area contributed by atoms with Crippen LogP contribution in [-0.2, 0) is 11.3 Å². The monoisotopic (exact) mass is 319 g/mol. The van der Waals surface area contributed by atoms with Gasteiger partial charge in [-0.1, -0.05) is 0 Å². The first-order chi connectivity index (χ1) is 10.8. The third kappa shape index (κ3) is 6.18. The number of aromatic nitrogens is 1. The first kappa shape index (κ1) is 17.7. The molecule has 2 rings (SSSR count). The molecule has 1 amide bonds. The predicted molar refractivity (Wildman–Crippen MR) is 91.1 cm³/mol. The van der Waals surface area contributed by atoms with Crippen molar-refractivity contribution in [2.24, 2.45) is 5.92 Å². The van der Waals surface area contributed by atoms with Crippen LogP contribution in [0.3, 0.4) is 0 Å². The smallest absolute Gasteiger partial charge is 0.410 e. The van der Waals surface area contributed by atoms with Gasteiger partial charge in [0.2, 0.25) is 0 Å². The molecule has 0 unspecified atom stereocenters. The van der Waals surface area contributed by atoms with E-state index in [1.54, 1.807) is 0 Å². The lowest BCUT2D eigenvalue weighted by Crippen LogP contribution is -2.43. The first-order valence-corrected chi connectivity index (χ1v) is 8.39. The van der Waals surface area contributed by atoms with Crippen LogP contribution in [0, 0.1) is 5.92 Å². The summed E-state index contributed by atoms with van der Waals surface area (Å²) in [4.78, 5) is 20.3. The summed E-state index contributed by atoms with van der Waals surface area (Å²) in [6.45, 7) is 9.31. The Morgan fingerprint density at radius 2 is 1.91 bits per heavy atom. The predicted octanol–water partition coefficient (Wildman–Crippen LogP) is 3.16. The highest BCUT2D eigenvalue weighted by Gasteiger charge is 2.27. The van der Waals surface area contributed by atoms with E-state index in [9.17, 15) is 4.79 Å². The van der Waals surface area contributed by atoms with Crippen LogP contribution in [-0.4, -0.2) is 53.2 Å². The molecule has 0 N–H and O–H groups in total. The molecule has 23 heavy (non-hydrogen) atoms. The molecule has 0 aromatic carbocycles. The molecule has 0 spiro atoms. The van der Waals surface area contributed by atoms with E-state index in [-0.39, 0.29) is 6.09 Å². The number of hydrogen-bond donors (Lipinski definition) is 0.